The highest BCUT2D eigenvalue weighted by Crippen LogP contribution is 2.31. The van der Waals surface area contributed by atoms with Crippen LogP contribution in [0.5, 0.6) is 0 Å². The van der Waals surface area contributed by atoms with Crippen molar-refractivity contribution in [3.05, 3.63) is 77.3 Å². The molecule has 0 saturated carbocycles. The SMILES string of the molecule is O=C(CSc1nc2ccc(NC(=O)Nc3ccc(F)c(Cl)c3)cc2s1)Nc1ccc(F)cc1. The monoisotopic (exact) mass is 504 g/mol. The zero-order valence-electron chi connectivity index (χ0n) is 16.7. The minimum Gasteiger partial charge on any atom is -0.325 e. The quantitative estimate of drug-likeness (QED) is 0.258. The van der Waals surface area contributed by atoms with Gasteiger partial charge in [0.2, 0.25) is 5.91 Å². The number of urea groups is 1. The van der Waals surface area contributed by atoms with E-state index < -0.39 is 11.8 Å². The number of nitrogens with zero attached hydrogens (tertiary/aromatic N) is 1. The summed E-state index contributed by atoms with van der Waals surface area (Å²) < 4.78 is 27.7. The summed E-state index contributed by atoms with van der Waals surface area (Å²) in [7, 11) is 0. The Bertz CT molecular complexity index is 1330. The first-order valence-corrected chi connectivity index (χ1v) is 11.7. The number of rotatable bonds is 6. The van der Waals surface area contributed by atoms with Gasteiger partial charge in [0.05, 0.1) is 21.0 Å². The second kappa shape index (κ2) is 10.2. The predicted octanol–water partition coefficient (Wildman–Crippen LogP) is 6.60. The van der Waals surface area contributed by atoms with Gasteiger partial charge in [-0.3, -0.25) is 4.79 Å². The molecule has 0 bridgehead atoms. The van der Waals surface area contributed by atoms with E-state index in [0.29, 0.717) is 21.4 Å². The number of carbonyl (C=O) groups is 2. The van der Waals surface area contributed by atoms with Crippen molar-refractivity contribution in [2.75, 3.05) is 21.7 Å². The molecule has 4 rings (SSSR count). The van der Waals surface area contributed by atoms with E-state index in [4.69, 9.17) is 11.6 Å². The van der Waals surface area contributed by atoms with Gasteiger partial charge in [-0.25, -0.2) is 18.6 Å². The molecule has 0 saturated heterocycles. The van der Waals surface area contributed by atoms with Gasteiger partial charge in [0, 0.05) is 17.1 Å². The maximum absolute atomic E-state index is 13.2. The van der Waals surface area contributed by atoms with Gasteiger partial charge < -0.3 is 16.0 Å². The summed E-state index contributed by atoms with van der Waals surface area (Å²) in [6.07, 6.45) is 0. The first-order chi connectivity index (χ1) is 15.9. The largest absolute Gasteiger partial charge is 0.325 e. The highest BCUT2D eigenvalue weighted by molar-refractivity contribution is 8.01. The van der Waals surface area contributed by atoms with Gasteiger partial charge in [0.15, 0.2) is 4.34 Å². The van der Waals surface area contributed by atoms with E-state index in [2.05, 4.69) is 20.9 Å². The third-order valence-electron chi connectivity index (χ3n) is 4.26. The number of thioether (sulfide) groups is 1. The Labute approximate surface area is 200 Å². The zero-order chi connectivity index (χ0) is 23.4. The van der Waals surface area contributed by atoms with E-state index in [1.807, 2.05) is 0 Å². The Balaban J connectivity index is 1.34. The summed E-state index contributed by atoms with van der Waals surface area (Å²) in [5, 5.41) is 7.90. The molecule has 4 aromatic rings. The van der Waals surface area contributed by atoms with Gasteiger partial charge >= 0.3 is 6.03 Å². The third-order valence-corrected chi connectivity index (χ3v) is 6.71. The molecule has 11 heteroatoms. The molecule has 0 fully saturated rings. The minimum absolute atomic E-state index is 0.0877. The molecule has 0 aliphatic carbocycles. The summed E-state index contributed by atoms with van der Waals surface area (Å²) >= 11 is 8.39. The minimum atomic E-state index is -0.570. The summed E-state index contributed by atoms with van der Waals surface area (Å²) in [6.45, 7) is 0. The highest BCUT2D eigenvalue weighted by Gasteiger charge is 2.11. The summed E-state index contributed by atoms with van der Waals surface area (Å²) in [6, 6.07) is 14.2. The van der Waals surface area contributed by atoms with Gasteiger partial charge in [-0.2, -0.15) is 0 Å². The number of hydrogen-bond acceptors (Lipinski definition) is 5. The maximum Gasteiger partial charge on any atom is 0.323 e. The molecule has 6 nitrogen and oxygen atoms in total. The van der Waals surface area contributed by atoms with Crippen molar-refractivity contribution in [2.24, 2.45) is 0 Å². The summed E-state index contributed by atoms with van der Waals surface area (Å²) in [4.78, 5) is 28.8. The molecule has 0 unspecified atom stereocenters. The molecule has 0 aliphatic heterocycles. The molecule has 1 heterocycles. The van der Waals surface area contributed by atoms with E-state index in [0.717, 1.165) is 10.2 Å². The van der Waals surface area contributed by atoms with Crippen LogP contribution in [0.15, 0.2) is 65.0 Å². The van der Waals surface area contributed by atoms with Gasteiger partial charge in [-0.15, -0.1) is 11.3 Å². The molecule has 0 radical (unpaired) electrons. The molecule has 1 aromatic heterocycles. The number of hydrogen-bond donors (Lipinski definition) is 3. The van der Waals surface area contributed by atoms with Crippen LogP contribution in [0, 0.1) is 11.6 Å². The number of amides is 3. The summed E-state index contributed by atoms with van der Waals surface area (Å²) in [5.74, 6) is -1.03. The van der Waals surface area contributed by atoms with Gasteiger partial charge in [0.1, 0.15) is 11.6 Å². The first kappa shape index (κ1) is 23.0. The molecule has 33 heavy (non-hydrogen) atoms. The summed E-state index contributed by atoms with van der Waals surface area (Å²) in [5.41, 5.74) is 2.15. The van der Waals surface area contributed by atoms with Crippen molar-refractivity contribution < 1.29 is 18.4 Å². The zero-order valence-corrected chi connectivity index (χ0v) is 19.1. The Kier molecular flexibility index (Phi) is 7.07. The maximum atomic E-state index is 13.2. The smallest absolute Gasteiger partial charge is 0.323 e. The van der Waals surface area contributed by atoms with Crippen LogP contribution in [0.2, 0.25) is 5.02 Å². The van der Waals surface area contributed by atoms with Crippen LogP contribution in [0.1, 0.15) is 0 Å². The van der Waals surface area contributed by atoms with Crippen LogP contribution in [-0.4, -0.2) is 22.7 Å². The molecule has 3 amide bonds. The van der Waals surface area contributed by atoms with Crippen molar-refractivity contribution >= 4 is 73.9 Å². The molecular weight excluding hydrogens is 490 g/mol. The van der Waals surface area contributed by atoms with Crippen LogP contribution < -0.4 is 16.0 Å². The first-order valence-electron chi connectivity index (χ1n) is 9.47. The highest BCUT2D eigenvalue weighted by atomic mass is 35.5. The lowest BCUT2D eigenvalue weighted by atomic mass is 10.3. The molecule has 0 atom stereocenters. The molecule has 0 spiro atoms. The number of carbonyl (C=O) groups excluding carboxylic acids is 2. The molecular formula is C22H15ClF2N4O2S2. The second-order valence-electron chi connectivity index (χ2n) is 6.71. The van der Waals surface area contributed by atoms with Crippen molar-refractivity contribution in [1.29, 1.82) is 0 Å². The van der Waals surface area contributed by atoms with E-state index >= 15 is 0 Å². The number of nitrogens with one attached hydrogen (secondary N) is 3. The number of aromatic nitrogens is 1. The fourth-order valence-corrected chi connectivity index (χ4v) is 4.86. The molecule has 0 aliphatic rings. The fourth-order valence-electron chi connectivity index (χ4n) is 2.77. The topological polar surface area (TPSA) is 83.1 Å². The van der Waals surface area contributed by atoms with Gasteiger partial charge in [0.25, 0.3) is 0 Å². The molecule has 3 N–H and O–H groups in total. The fraction of sp³-hybridized carbons (Fsp3) is 0.0455. The van der Waals surface area contributed by atoms with Crippen LogP contribution in [0.25, 0.3) is 10.2 Å². The second-order valence-corrected chi connectivity index (χ2v) is 9.37. The predicted molar refractivity (Wildman–Crippen MR) is 129 cm³/mol. The lowest BCUT2D eigenvalue weighted by molar-refractivity contribution is -0.113. The standard InChI is InChI=1S/C22H15ClF2N4O2S2/c23-16-9-14(5-7-17(16)25)27-21(31)28-15-6-8-18-19(10-15)33-22(29-18)32-11-20(30)26-13-3-1-12(24)2-4-13/h1-10H,11H2,(H,26,30)(H2,27,28,31). The van der Waals surface area contributed by atoms with E-state index in [9.17, 15) is 18.4 Å². The van der Waals surface area contributed by atoms with E-state index in [1.54, 1.807) is 18.2 Å². The van der Waals surface area contributed by atoms with E-state index in [-0.39, 0.29) is 22.5 Å². The van der Waals surface area contributed by atoms with Gasteiger partial charge in [-0.05, 0) is 60.7 Å². The number of halogens is 3. The molecule has 168 valence electrons. The van der Waals surface area contributed by atoms with E-state index in [1.165, 1.54) is 65.6 Å². The third kappa shape index (κ3) is 6.19. The number of benzene rings is 3. The Morgan fingerprint density at radius 1 is 0.909 bits per heavy atom. The Hall–Kier alpha value is -3.21. The van der Waals surface area contributed by atoms with Gasteiger partial charge in [-0.1, -0.05) is 23.4 Å². The van der Waals surface area contributed by atoms with Crippen LogP contribution in [0.4, 0.5) is 30.6 Å². The van der Waals surface area contributed by atoms with Crippen LogP contribution >= 0.6 is 34.7 Å². The normalized spacial score (nSPS) is 10.8. The lowest BCUT2D eigenvalue weighted by Crippen LogP contribution is -2.19. The van der Waals surface area contributed by atoms with Crippen LogP contribution in [0.3, 0.4) is 0 Å². The van der Waals surface area contributed by atoms with Crippen molar-refractivity contribution in [2.45, 2.75) is 4.34 Å². The van der Waals surface area contributed by atoms with Crippen molar-refractivity contribution in [1.82, 2.24) is 4.98 Å². The van der Waals surface area contributed by atoms with Crippen LogP contribution in [-0.2, 0) is 4.79 Å². The number of anilines is 3. The average Bonchev–Trinajstić information content (AvgIpc) is 3.19. The Morgan fingerprint density at radius 3 is 2.30 bits per heavy atom. The molecule has 3 aromatic carbocycles. The van der Waals surface area contributed by atoms with Crippen molar-refractivity contribution in [3.63, 3.8) is 0 Å². The Morgan fingerprint density at radius 2 is 1.58 bits per heavy atom. The van der Waals surface area contributed by atoms with Crippen molar-refractivity contribution in [3.8, 4) is 0 Å². The average molecular weight is 505 g/mol. The lowest BCUT2D eigenvalue weighted by Gasteiger charge is -2.08. The number of fused-ring (bicyclic) bond motifs is 1. The number of thiazole rings is 1.